The van der Waals surface area contributed by atoms with Crippen LogP contribution < -0.4 is 10.2 Å². The minimum atomic E-state index is 0.346. The summed E-state index contributed by atoms with van der Waals surface area (Å²) in [4.78, 5) is 7.97. The largest absolute Gasteiger partial charge is 0.467 e. The third-order valence-corrected chi connectivity index (χ3v) is 4.19. The molecule has 0 fully saturated rings. The van der Waals surface area contributed by atoms with E-state index in [0.717, 1.165) is 24.0 Å². The van der Waals surface area contributed by atoms with Crippen molar-refractivity contribution in [3.8, 4) is 0 Å². The average molecular weight is 265 g/mol. The SMILES string of the molecule is CCN(Cc1ccco1)c1ncc(C(C)NC)s1. The molecule has 2 rings (SSSR count). The number of furan rings is 1. The molecular formula is C13H19N3OS. The highest BCUT2D eigenvalue weighted by Gasteiger charge is 2.13. The number of nitrogens with one attached hydrogen (secondary N) is 1. The third kappa shape index (κ3) is 2.91. The van der Waals surface area contributed by atoms with E-state index in [0.29, 0.717) is 6.04 Å². The van der Waals surface area contributed by atoms with Crippen molar-refractivity contribution in [1.82, 2.24) is 10.3 Å². The van der Waals surface area contributed by atoms with Gasteiger partial charge in [0.15, 0.2) is 5.13 Å². The Bertz CT molecular complexity index is 466. The Kier molecular flexibility index (Phi) is 4.38. The van der Waals surface area contributed by atoms with Gasteiger partial charge in [-0.25, -0.2) is 4.98 Å². The zero-order valence-electron chi connectivity index (χ0n) is 11.0. The Morgan fingerprint density at radius 3 is 3.00 bits per heavy atom. The molecule has 1 atom stereocenters. The third-order valence-electron chi connectivity index (χ3n) is 2.95. The number of nitrogens with zero attached hydrogens (tertiary/aromatic N) is 2. The zero-order valence-corrected chi connectivity index (χ0v) is 11.8. The fraction of sp³-hybridized carbons (Fsp3) is 0.462. The van der Waals surface area contributed by atoms with E-state index in [2.05, 4.69) is 29.0 Å². The van der Waals surface area contributed by atoms with Gasteiger partial charge in [0.2, 0.25) is 0 Å². The van der Waals surface area contributed by atoms with Gasteiger partial charge in [-0.2, -0.15) is 0 Å². The molecule has 0 radical (unpaired) electrons. The number of hydrogen-bond donors (Lipinski definition) is 1. The molecule has 5 heteroatoms. The summed E-state index contributed by atoms with van der Waals surface area (Å²) in [6.45, 7) is 5.96. The van der Waals surface area contributed by atoms with Crippen LogP contribution in [0.2, 0.25) is 0 Å². The lowest BCUT2D eigenvalue weighted by atomic mass is 10.3. The first-order valence-corrected chi connectivity index (χ1v) is 6.96. The lowest BCUT2D eigenvalue weighted by Crippen LogP contribution is -2.21. The van der Waals surface area contributed by atoms with Crippen molar-refractivity contribution >= 4 is 16.5 Å². The molecule has 1 unspecified atom stereocenters. The van der Waals surface area contributed by atoms with Crippen molar-refractivity contribution in [2.24, 2.45) is 0 Å². The minimum Gasteiger partial charge on any atom is -0.467 e. The van der Waals surface area contributed by atoms with E-state index in [4.69, 9.17) is 4.42 Å². The first kappa shape index (κ1) is 13.1. The normalized spacial score (nSPS) is 12.6. The Balaban J connectivity index is 2.10. The van der Waals surface area contributed by atoms with Gasteiger partial charge in [0.1, 0.15) is 5.76 Å². The molecule has 0 aromatic carbocycles. The standard InChI is InChI=1S/C13H19N3OS/c1-4-16(9-11-6-5-7-17-11)13-15-8-12(18-13)10(2)14-3/h5-8,10,14H,4,9H2,1-3H3. The number of aromatic nitrogens is 1. The maximum absolute atomic E-state index is 5.39. The van der Waals surface area contributed by atoms with E-state index in [1.54, 1.807) is 17.6 Å². The van der Waals surface area contributed by atoms with Crippen LogP contribution in [0.3, 0.4) is 0 Å². The number of anilines is 1. The van der Waals surface area contributed by atoms with Crippen molar-refractivity contribution in [2.75, 3.05) is 18.5 Å². The molecule has 0 aliphatic carbocycles. The molecule has 18 heavy (non-hydrogen) atoms. The quantitative estimate of drug-likeness (QED) is 0.871. The molecular weight excluding hydrogens is 246 g/mol. The van der Waals surface area contributed by atoms with Crippen molar-refractivity contribution in [2.45, 2.75) is 26.4 Å². The molecule has 0 spiro atoms. The molecule has 0 aliphatic heterocycles. The summed E-state index contributed by atoms with van der Waals surface area (Å²) in [7, 11) is 1.96. The van der Waals surface area contributed by atoms with Gasteiger partial charge in [-0.15, -0.1) is 11.3 Å². The molecule has 0 bridgehead atoms. The Hall–Kier alpha value is -1.33. The van der Waals surface area contributed by atoms with Gasteiger partial charge < -0.3 is 14.6 Å². The van der Waals surface area contributed by atoms with Crippen LogP contribution in [0.4, 0.5) is 5.13 Å². The summed E-state index contributed by atoms with van der Waals surface area (Å²) in [5, 5.41) is 4.28. The highest BCUT2D eigenvalue weighted by molar-refractivity contribution is 7.15. The van der Waals surface area contributed by atoms with Crippen molar-refractivity contribution in [3.05, 3.63) is 35.2 Å². The maximum Gasteiger partial charge on any atom is 0.185 e. The highest BCUT2D eigenvalue weighted by Crippen LogP contribution is 2.27. The fourth-order valence-corrected chi connectivity index (χ4v) is 2.71. The second-order valence-electron chi connectivity index (χ2n) is 4.15. The van der Waals surface area contributed by atoms with Crippen LogP contribution in [0.15, 0.2) is 29.0 Å². The van der Waals surface area contributed by atoms with Gasteiger partial charge in [-0.1, -0.05) is 0 Å². The van der Waals surface area contributed by atoms with Crippen molar-refractivity contribution in [3.63, 3.8) is 0 Å². The molecule has 0 saturated heterocycles. The summed E-state index contributed by atoms with van der Waals surface area (Å²) in [5.74, 6) is 0.968. The van der Waals surface area contributed by atoms with Crippen LogP contribution in [-0.2, 0) is 6.54 Å². The summed E-state index contributed by atoms with van der Waals surface area (Å²) in [5.41, 5.74) is 0. The smallest absolute Gasteiger partial charge is 0.185 e. The number of rotatable bonds is 6. The summed E-state index contributed by atoms with van der Waals surface area (Å²) < 4.78 is 5.39. The van der Waals surface area contributed by atoms with Gasteiger partial charge in [0, 0.05) is 23.7 Å². The summed E-state index contributed by atoms with van der Waals surface area (Å²) in [6.07, 6.45) is 3.66. The van der Waals surface area contributed by atoms with Crippen LogP contribution in [-0.4, -0.2) is 18.6 Å². The van der Waals surface area contributed by atoms with Gasteiger partial charge in [-0.05, 0) is 33.0 Å². The maximum atomic E-state index is 5.39. The predicted octanol–water partition coefficient (Wildman–Crippen LogP) is 3.04. The van der Waals surface area contributed by atoms with Gasteiger partial charge in [-0.3, -0.25) is 0 Å². The van der Waals surface area contributed by atoms with E-state index in [9.17, 15) is 0 Å². The fourth-order valence-electron chi connectivity index (χ4n) is 1.67. The second kappa shape index (κ2) is 6.02. The van der Waals surface area contributed by atoms with Crippen LogP contribution in [0.25, 0.3) is 0 Å². The summed E-state index contributed by atoms with van der Waals surface area (Å²) >= 11 is 1.73. The van der Waals surface area contributed by atoms with Gasteiger partial charge >= 0.3 is 0 Å². The molecule has 2 aromatic rings. The molecule has 4 nitrogen and oxygen atoms in total. The van der Waals surface area contributed by atoms with Crippen molar-refractivity contribution in [1.29, 1.82) is 0 Å². The monoisotopic (exact) mass is 265 g/mol. The van der Waals surface area contributed by atoms with Crippen LogP contribution in [0, 0.1) is 0 Å². The van der Waals surface area contributed by atoms with Gasteiger partial charge in [0.05, 0.1) is 12.8 Å². The van der Waals surface area contributed by atoms with Crippen LogP contribution in [0.5, 0.6) is 0 Å². The van der Waals surface area contributed by atoms with E-state index >= 15 is 0 Å². The predicted molar refractivity (Wildman–Crippen MR) is 75.0 cm³/mol. The molecule has 0 aliphatic rings. The van der Waals surface area contributed by atoms with Gasteiger partial charge in [0.25, 0.3) is 0 Å². The lowest BCUT2D eigenvalue weighted by Gasteiger charge is -2.18. The number of thiazole rings is 1. The molecule has 0 saturated carbocycles. The van der Waals surface area contributed by atoms with Crippen LogP contribution in [0.1, 0.15) is 30.5 Å². The summed E-state index contributed by atoms with van der Waals surface area (Å²) in [6, 6.07) is 4.26. The molecule has 98 valence electrons. The Labute approximate surface area is 112 Å². The second-order valence-corrected chi connectivity index (χ2v) is 5.19. The molecule has 2 aromatic heterocycles. The van der Waals surface area contributed by atoms with E-state index in [1.165, 1.54) is 4.88 Å². The van der Waals surface area contributed by atoms with Crippen LogP contribution >= 0.6 is 11.3 Å². The van der Waals surface area contributed by atoms with Crippen molar-refractivity contribution < 1.29 is 4.42 Å². The Morgan fingerprint density at radius 2 is 2.39 bits per heavy atom. The average Bonchev–Trinajstić information content (AvgIpc) is 3.05. The molecule has 1 N–H and O–H groups in total. The van der Waals surface area contributed by atoms with E-state index < -0.39 is 0 Å². The molecule has 2 heterocycles. The number of hydrogen-bond acceptors (Lipinski definition) is 5. The topological polar surface area (TPSA) is 41.3 Å². The lowest BCUT2D eigenvalue weighted by molar-refractivity contribution is 0.503. The first-order chi connectivity index (χ1) is 8.74. The minimum absolute atomic E-state index is 0.346. The van der Waals surface area contributed by atoms with E-state index in [-0.39, 0.29) is 0 Å². The zero-order chi connectivity index (χ0) is 13.0. The first-order valence-electron chi connectivity index (χ1n) is 6.15. The molecule has 0 amide bonds. The Morgan fingerprint density at radius 1 is 1.56 bits per heavy atom. The highest BCUT2D eigenvalue weighted by atomic mass is 32.1. The van der Waals surface area contributed by atoms with E-state index in [1.807, 2.05) is 25.4 Å².